The van der Waals surface area contributed by atoms with Gasteiger partial charge in [-0.1, -0.05) is 30.3 Å². The molecule has 2 aromatic carbocycles. The molecular formula is C16H14FNO5S. The van der Waals surface area contributed by atoms with Crippen molar-refractivity contribution >= 4 is 21.8 Å². The van der Waals surface area contributed by atoms with Gasteiger partial charge in [-0.2, -0.15) is 4.72 Å². The molecule has 0 heterocycles. The largest absolute Gasteiger partial charge is 0.456 e. The Morgan fingerprint density at radius 2 is 1.75 bits per heavy atom. The van der Waals surface area contributed by atoms with Crippen LogP contribution in [0.15, 0.2) is 59.5 Å². The molecule has 0 atom stereocenters. The Labute approximate surface area is 138 Å². The normalized spacial score (nSPS) is 11.0. The summed E-state index contributed by atoms with van der Waals surface area (Å²) < 4.78 is 43.6. The molecular weight excluding hydrogens is 337 g/mol. The Morgan fingerprint density at radius 1 is 1.04 bits per heavy atom. The molecule has 0 aliphatic heterocycles. The maximum atomic E-state index is 13.0. The molecule has 0 saturated heterocycles. The molecule has 0 aliphatic carbocycles. The molecule has 2 aromatic rings. The first kappa shape index (κ1) is 17.8. The number of rotatable bonds is 7. The number of ether oxygens (including phenoxy) is 1. The van der Waals surface area contributed by atoms with Gasteiger partial charge in [-0.3, -0.25) is 9.59 Å². The highest BCUT2D eigenvalue weighted by atomic mass is 32.2. The van der Waals surface area contributed by atoms with E-state index in [-0.39, 0.29) is 10.5 Å². The molecule has 0 aromatic heterocycles. The minimum atomic E-state index is -3.84. The summed E-state index contributed by atoms with van der Waals surface area (Å²) in [5.41, 5.74) is 0.0627. The predicted molar refractivity (Wildman–Crippen MR) is 83.3 cm³/mol. The van der Waals surface area contributed by atoms with Crippen LogP contribution in [0, 0.1) is 5.82 Å². The van der Waals surface area contributed by atoms with E-state index in [4.69, 9.17) is 4.74 Å². The van der Waals surface area contributed by atoms with Crippen molar-refractivity contribution in [3.63, 3.8) is 0 Å². The number of carbonyl (C=O) groups excluding carboxylic acids is 2. The summed E-state index contributed by atoms with van der Waals surface area (Å²) in [5, 5.41) is 0. The number of sulfonamides is 1. The van der Waals surface area contributed by atoms with E-state index in [0.29, 0.717) is 0 Å². The van der Waals surface area contributed by atoms with E-state index >= 15 is 0 Å². The van der Waals surface area contributed by atoms with Crippen molar-refractivity contribution in [2.24, 2.45) is 0 Å². The highest BCUT2D eigenvalue weighted by molar-refractivity contribution is 7.89. The molecule has 0 spiro atoms. The van der Waals surface area contributed by atoms with Gasteiger partial charge >= 0.3 is 5.97 Å². The summed E-state index contributed by atoms with van der Waals surface area (Å²) in [6.45, 7) is -1.22. The Hall–Kier alpha value is -2.58. The van der Waals surface area contributed by atoms with Crippen molar-refractivity contribution in [2.75, 3.05) is 13.2 Å². The number of ketones is 1. The second-order valence-corrected chi connectivity index (χ2v) is 6.50. The van der Waals surface area contributed by atoms with Gasteiger partial charge in [-0.05, 0) is 24.3 Å². The van der Waals surface area contributed by atoms with E-state index in [2.05, 4.69) is 4.72 Å². The maximum absolute atomic E-state index is 13.0. The highest BCUT2D eigenvalue weighted by Crippen LogP contribution is 2.07. The average Bonchev–Trinajstić information content (AvgIpc) is 2.58. The fraction of sp³-hybridized carbons (Fsp3) is 0.125. The van der Waals surface area contributed by atoms with Crippen molar-refractivity contribution in [2.45, 2.75) is 4.90 Å². The van der Waals surface area contributed by atoms with Gasteiger partial charge in [0.15, 0.2) is 12.4 Å². The smallest absolute Gasteiger partial charge is 0.321 e. The lowest BCUT2D eigenvalue weighted by Crippen LogP contribution is -2.31. The van der Waals surface area contributed by atoms with Crippen LogP contribution in [-0.4, -0.2) is 33.3 Å². The summed E-state index contributed by atoms with van der Waals surface area (Å²) in [4.78, 5) is 23.3. The monoisotopic (exact) mass is 351 g/mol. The summed E-state index contributed by atoms with van der Waals surface area (Å²) >= 11 is 0. The number of Topliss-reactive ketones (excluding diaryl/α,β-unsaturated/α-hetero) is 1. The number of carbonyl (C=O) groups is 2. The lowest BCUT2D eigenvalue weighted by Gasteiger charge is -2.07. The second kappa shape index (κ2) is 7.80. The van der Waals surface area contributed by atoms with Crippen LogP contribution in [0.3, 0.4) is 0 Å². The maximum Gasteiger partial charge on any atom is 0.321 e. The van der Waals surface area contributed by atoms with Gasteiger partial charge in [0, 0.05) is 5.56 Å². The zero-order valence-corrected chi connectivity index (χ0v) is 13.3. The predicted octanol–water partition coefficient (Wildman–Crippen LogP) is 1.53. The zero-order chi connectivity index (χ0) is 17.6. The lowest BCUT2D eigenvalue weighted by molar-refractivity contribution is -0.141. The summed E-state index contributed by atoms with van der Waals surface area (Å²) in [5.74, 6) is -2.09. The molecule has 0 bridgehead atoms. The average molecular weight is 351 g/mol. The number of benzene rings is 2. The Kier molecular flexibility index (Phi) is 5.78. The van der Waals surface area contributed by atoms with Crippen LogP contribution in [0.25, 0.3) is 0 Å². The lowest BCUT2D eigenvalue weighted by atomic mass is 10.1. The zero-order valence-electron chi connectivity index (χ0n) is 12.4. The van der Waals surface area contributed by atoms with Gasteiger partial charge in [-0.15, -0.1) is 0 Å². The molecule has 6 nitrogen and oxygen atoms in total. The number of esters is 1. The van der Waals surface area contributed by atoms with Crippen LogP contribution in [0.4, 0.5) is 4.39 Å². The standard InChI is InChI=1S/C16H14FNO5S/c17-13-6-4-5-12(9-13)15(19)11-23-16(20)10-18-24(21,22)14-7-2-1-3-8-14/h1-9,18H,10-11H2. The highest BCUT2D eigenvalue weighted by Gasteiger charge is 2.16. The molecule has 8 heteroatoms. The first-order valence-electron chi connectivity index (χ1n) is 6.87. The fourth-order valence-corrected chi connectivity index (χ4v) is 2.77. The quantitative estimate of drug-likeness (QED) is 0.604. The number of halogens is 1. The van der Waals surface area contributed by atoms with Crippen molar-refractivity contribution < 1.29 is 27.1 Å². The number of hydrogen-bond acceptors (Lipinski definition) is 5. The van der Waals surface area contributed by atoms with Crippen molar-refractivity contribution in [3.05, 3.63) is 66.0 Å². The Balaban J connectivity index is 1.85. The number of nitrogens with one attached hydrogen (secondary N) is 1. The summed E-state index contributed by atoms with van der Waals surface area (Å²) in [6, 6.07) is 12.5. The molecule has 126 valence electrons. The molecule has 2 rings (SSSR count). The van der Waals surface area contributed by atoms with Gasteiger partial charge in [0.2, 0.25) is 10.0 Å². The number of hydrogen-bond donors (Lipinski definition) is 1. The first-order valence-corrected chi connectivity index (χ1v) is 8.36. The fourth-order valence-electron chi connectivity index (χ4n) is 1.78. The molecule has 0 fully saturated rings. The van der Waals surface area contributed by atoms with Crippen LogP contribution in [-0.2, 0) is 19.6 Å². The van der Waals surface area contributed by atoms with E-state index in [1.807, 2.05) is 0 Å². The van der Waals surface area contributed by atoms with Crippen molar-refractivity contribution in [1.29, 1.82) is 0 Å². The second-order valence-electron chi connectivity index (χ2n) is 4.73. The van der Waals surface area contributed by atoms with Crippen LogP contribution < -0.4 is 4.72 Å². The SMILES string of the molecule is O=C(CNS(=O)(=O)c1ccccc1)OCC(=O)c1cccc(F)c1. The Morgan fingerprint density at radius 3 is 2.42 bits per heavy atom. The molecule has 0 amide bonds. The van der Waals surface area contributed by atoms with Crippen LogP contribution >= 0.6 is 0 Å². The van der Waals surface area contributed by atoms with Crippen molar-refractivity contribution in [3.8, 4) is 0 Å². The van der Waals surface area contributed by atoms with Gasteiger partial charge < -0.3 is 4.74 Å². The first-order chi connectivity index (χ1) is 11.4. The summed E-state index contributed by atoms with van der Waals surface area (Å²) in [7, 11) is -3.84. The van der Waals surface area contributed by atoms with E-state index in [1.54, 1.807) is 18.2 Å². The van der Waals surface area contributed by atoms with Gasteiger partial charge in [0.05, 0.1) is 4.90 Å². The van der Waals surface area contributed by atoms with Gasteiger partial charge in [-0.25, -0.2) is 12.8 Å². The molecule has 0 unspecified atom stereocenters. The van der Waals surface area contributed by atoms with E-state index in [0.717, 1.165) is 6.07 Å². The van der Waals surface area contributed by atoms with Crippen LogP contribution in [0.5, 0.6) is 0 Å². The van der Waals surface area contributed by atoms with E-state index < -0.39 is 40.7 Å². The third-order valence-electron chi connectivity index (χ3n) is 2.97. The topological polar surface area (TPSA) is 89.5 Å². The molecule has 0 saturated carbocycles. The van der Waals surface area contributed by atoms with Crippen LogP contribution in [0.2, 0.25) is 0 Å². The van der Waals surface area contributed by atoms with Gasteiger partial charge in [0.1, 0.15) is 12.4 Å². The van der Waals surface area contributed by atoms with E-state index in [1.165, 1.54) is 30.3 Å². The minimum absolute atomic E-state index is 0.00800. The molecule has 0 radical (unpaired) electrons. The van der Waals surface area contributed by atoms with Crippen molar-refractivity contribution in [1.82, 2.24) is 4.72 Å². The molecule has 24 heavy (non-hydrogen) atoms. The summed E-state index contributed by atoms with van der Waals surface area (Å²) in [6.07, 6.45) is 0. The van der Waals surface area contributed by atoms with Gasteiger partial charge in [0.25, 0.3) is 0 Å². The minimum Gasteiger partial charge on any atom is -0.456 e. The molecule has 1 N–H and O–H groups in total. The van der Waals surface area contributed by atoms with E-state index in [9.17, 15) is 22.4 Å². The Bertz CT molecular complexity index is 837. The third-order valence-corrected chi connectivity index (χ3v) is 4.39. The van der Waals surface area contributed by atoms with Crippen LogP contribution in [0.1, 0.15) is 10.4 Å². The third kappa shape index (κ3) is 4.97. The molecule has 0 aliphatic rings.